The van der Waals surface area contributed by atoms with E-state index < -0.39 is 16.2 Å². The van der Waals surface area contributed by atoms with Gasteiger partial charge < -0.3 is 23.7 Å². The maximum Gasteiger partial charge on any atom is 0.308 e. The second kappa shape index (κ2) is 20.4. The van der Waals surface area contributed by atoms with Gasteiger partial charge in [0.25, 0.3) is 10.1 Å². The van der Waals surface area contributed by atoms with E-state index >= 15 is 0 Å². The molecule has 0 amide bonds. The Labute approximate surface area is 306 Å². The van der Waals surface area contributed by atoms with Crippen LogP contribution in [-0.4, -0.2) is 65.6 Å². The minimum Gasteiger partial charge on any atom is -0.469 e. The van der Waals surface area contributed by atoms with Gasteiger partial charge in [-0.15, -0.1) is 0 Å². The van der Waals surface area contributed by atoms with Crippen molar-refractivity contribution in [1.29, 1.82) is 0 Å². The second-order valence-electron chi connectivity index (χ2n) is 15.0. The zero-order valence-corrected chi connectivity index (χ0v) is 31.9. The molecule has 286 valence electrons. The third-order valence-electron chi connectivity index (χ3n) is 11.2. The number of esters is 1. The van der Waals surface area contributed by atoms with Crippen molar-refractivity contribution in [2.75, 3.05) is 20.3 Å². The van der Waals surface area contributed by atoms with Gasteiger partial charge in [0.2, 0.25) is 0 Å². The first-order valence-corrected chi connectivity index (χ1v) is 21.1. The molecular weight excluding hydrogens is 669 g/mol. The number of carbonyl (C=O) groups excluding carboxylic acids is 1. The molecule has 4 fully saturated rings. The lowest BCUT2D eigenvalue weighted by atomic mass is 9.86. The van der Waals surface area contributed by atoms with Crippen molar-refractivity contribution in [3.05, 3.63) is 54.1 Å². The molecule has 3 unspecified atom stereocenters. The van der Waals surface area contributed by atoms with Crippen LogP contribution >= 0.6 is 0 Å². The highest BCUT2D eigenvalue weighted by molar-refractivity contribution is 7.86. The van der Waals surface area contributed by atoms with Gasteiger partial charge in [0.1, 0.15) is 0 Å². The van der Waals surface area contributed by atoms with E-state index in [1.165, 1.54) is 20.0 Å². The monoisotopic (exact) mass is 730 g/mol. The van der Waals surface area contributed by atoms with E-state index in [2.05, 4.69) is 31.2 Å². The molecule has 10 heteroatoms. The van der Waals surface area contributed by atoms with Gasteiger partial charge in [-0.05, 0) is 108 Å². The third kappa shape index (κ3) is 12.0. The molecule has 8 atom stereocenters. The van der Waals surface area contributed by atoms with Crippen molar-refractivity contribution in [3.63, 3.8) is 0 Å². The molecule has 1 aromatic rings. The quantitative estimate of drug-likeness (QED) is 0.0834. The Hall–Kier alpha value is -2.08. The van der Waals surface area contributed by atoms with Crippen LogP contribution in [0.15, 0.2) is 53.5 Å². The van der Waals surface area contributed by atoms with Gasteiger partial charge in [-0.1, -0.05) is 68.2 Å². The summed E-state index contributed by atoms with van der Waals surface area (Å²) in [7, 11) is -2.55. The van der Waals surface area contributed by atoms with Crippen LogP contribution in [0, 0.1) is 30.6 Å². The molecule has 5 rings (SSSR count). The fourth-order valence-corrected chi connectivity index (χ4v) is 9.44. The topological polar surface area (TPSA) is 107 Å². The highest BCUT2D eigenvalue weighted by Gasteiger charge is 2.46. The fourth-order valence-electron chi connectivity index (χ4n) is 8.32. The lowest BCUT2D eigenvalue weighted by molar-refractivity contribution is -0.193. The van der Waals surface area contributed by atoms with Crippen LogP contribution in [0.1, 0.15) is 115 Å². The standard InChI is InChI=1S/C41H62O9S/c1-4-14-32(48-39-19-10-12-27-46-39)23-26-36-35(18-7-5-6-17-34(41(42)45-3)31-15-8-9-16-31)38(29-37(36)49-40-20-11-13-28-47-40)50-51(43,44)33-24-21-30(2)22-25-33/h5,7,21-26,31-32,34-40H,4,6,8-20,27-29H2,1-3H3/b7-5-,26-23+/t32-,34?,35-,36-,37-,38-,39?,40?/m1/s1. The van der Waals surface area contributed by atoms with E-state index in [1.54, 1.807) is 24.3 Å². The molecule has 2 saturated carbocycles. The molecule has 0 radical (unpaired) electrons. The van der Waals surface area contributed by atoms with Gasteiger partial charge in [-0.3, -0.25) is 8.98 Å². The third-order valence-corrected chi connectivity index (χ3v) is 12.5. The number of methoxy groups -OCH3 is 1. The van der Waals surface area contributed by atoms with E-state index in [-0.39, 0.29) is 53.4 Å². The molecule has 2 aliphatic carbocycles. The lowest BCUT2D eigenvalue weighted by Gasteiger charge is -2.30. The molecule has 0 N–H and O–H groups in total. The summed E-state index contributed by atoms with van der Waals surface area (Å²) < 4.78 is 63.7. The van der Waals surface area contributed by atoms with E-state index in [1.807, 2.05) is 6.92 Å². The van der Waals surface area contributed by atoms with Gasteiger partial charge in [-0.2, -0.15) is 8.42 Å². The molecular formula is C41H62O9S. The summed E-state index contributed by atoms with van der Waals surface area (Å²) in [6.07, 6.45) is 21.8. The summed E-state index contributed by atoms with van der Waals surface area (Å²) in [4.78, 5) is 12.8. The number of hydrogen-bond acceptors (Lipinski definition) is 9. The number of rotatable bonds is 18. The van der Waals surface area contributed by atoms with E-state index in [9.17, 15) is 13.2 Å². The van der Waals surface area contributed by atoms with Crippen molar-refractivity contribution >= 4 is 16.1 Å². The highest BCUT2D eigenvalue weighted by Crippen LogP contribution is 2.43. The predicted molar refractivity (Wildman–Crippen MR) is 196 cm³/mol. The van der Waals surface area contributed by atoms with Crippen LogP contribution in [0.5, 0.6) is 0 Å². The minimum absolute atomic E-state index is 0.0861. The van der Waals surface area contributed by atoms with Crippen LogP contribution in [-0.2, 0) is 42.8 Å². The zero-order chi connectivity index (χ0) is 36.1. The number of benzene rings is 1. The number of carbonyl (C=O) groups is 1. The Morgan fingerprint density at radius 1 is 0.902 bits per heavy atom. The fraction of sp³-hybridized carbons (Fsp3) is 0.732. The summed E-state index contributed by atoms with van der Waals surface area (Å²) in [5, 5.41) is 0. The van der Waals surface area contributed by atoms with Crippen molar-refractivity contribution in [1.82, 2.24) is 0 Å². The number of hydrogen-bond donors (Lipinski definition) is 0. The van der Waals surface area contributed by atoms with Crippen LogP contribution in [0.4, 0.5) is 0 Å². The molecule has 0 spiro atoms. The summed E-state index contributed by atoms with van der Waals surface area (Å²) in [5.74, 6) is -0.117. The highest BCUT2D eigenvalue weighted by atomic mass is 32.2. The summed E-state index contributed by atoms with van der Waals surface area (Å²) >= 11 is 0. The summed E-state index contributed by atoms with van der Waals surface area (Å²) in [6.45, 7) is 5.46. The van der Waals surface area contributed by atoms with Crippen molar-refractivity contribution in [3.8, 4) is 0 Å². The van der Waals surface area contributed by atoms with Crippen LogP contribution < -0.4 is 0 Å². The average Bonchev–Trinajstić information content (AvgIpc) is 3.77. The molecule has 2 aliphatic heterocycles. The first-order valence-electron chi connectivity index (χ1n) is 19.7. The molecule has 2 heterocycles. The number of ether oxygens (including phenoxy) is 5. The van der Waals surface area contributed by atoms with Crippen LogP contribution in [0.25, 0.3) is 0 Å². The zero-order valence-electron chi connectivity index (χ0n) is 31.1. The van der Waals surface area contributed by atoms with Gasteiger partial charge in [0.05, 0.1) is 36.2 Å². The maximum atomic E-state index is 13.7. The molecule has 0 bridgehead atoms. The van der Waals surface area contributed by atoms with Gasteiger partial charge >= 0.3 is 5.97 Å². The molecule has 4 aliphatic rings. The molecule has 2 saturated heterocycles. The smallest absolute Gasteiger partial charge is 0.308 e. The first-order chi connectivity index (χ1) is 24.8. The normalized spacial score (nSPS) is 29.2. The Bertz CT molecular complexity index is 1340. The van der Waals surface area contributed by atoms with E-state index in [0.29, 0.717) is 25.4 Å². The summed E-state index contributed by atoms with van der Waals surface area (Å²) in [5.41, 5.74) is 0.980. The molecule has 1 aromatic carbocycles. The molecule has 51 heavy (non-hydrogen) atoms. The SMILES string of the molecule is CCC[C@H](/C=C/[C@@H]1[C@@H](C/C=C\CCC(C(=O)OC)C2CCCC2)[C@H](OS(=O)(=O)c2ccc(C)cc2)C[C@H]1OC1CCCCO1)OC1CCCCO1. The largest absolute Gasteiger partial charge is 0.469 e. The van der Waals surface area contributed by atoms with Crippen molar-refractivity contribution in [2.45, 2.75) is 152 Å². The minimum atomic E-state index is -4.03. The molecule has 0 aromatic heterocycles. The number of allylic oxidation sites excluding steroid dienone is 2. The Kier molecular flexibility index (Phi) is 16.0. The van der Waals surface area contributed by atoms with E-state index in [0.717, 1.165) is 89.2 Å². The van der Waals surface area contributed by atoms with Gasteiger partial charge in [0, 0.05) is 25.6 Å². The Morgan fingerprint density at radius 2 is 1.59 bits per heavy atom. The van der Waals surface area contributed by atoms with E-state index in [4.69, 9.17) is 27.9 Å². The van der Waals surface area contributed by atoms with Gasteiger partial charge in [-0.25, -0.2) is 0 Å². The van der Waals surface area contributed by atoms with Crippen molar-refractivity contribution in [2.24, 2.45) is 23.7 Å². The predicted octanol–water partition coefficient (Wildman–Crippen LogP) is 8.59. The van der Waals surface area contributed by atoms with Crippen LogP contribution in [0.2, 0.25) is 0 Å². The first kappa shape index (κ1) is 40.1. The lowest BCUT2D eigenvalue weighted by Crippen LogP contribution is -2.31. The van der Waals surface area contributed by atoms with Crippen LogP contribution in [0.3, 0.4) is 0 Å². The van der Waals surface area contributed by atoms with Crippen molar-refractivity contribution < 1.29 is 41.1 Å². The number of aryl methyl sites for hydroxylation is 1. The summed E-state index contributed by atoms with van der Waals surface area (Å²) in [6, 6.07) is 6.80. The van der Waals surface area contributed by atoms with Gasteiger partial charge in [0.15, 0.2) is 12.6 Å². The Morgan fingerprint density at radius 3 is 2.24 bits per heavy atom. The Balaban J connectivity index is 1.37. The second-order valence-corrected chi connectivity index (χ2v) is 16.5. The average molecular weight is 731 g/mol. The maximum absolute atomic E-state index is 13.7. The molecule has 9 nitrogen and oxygen atoms in total.